The van der Waals surface area contributed by atoms with Crippen LogP contribution in [0.1, 0.15) is 28.9 Å². The maximum Gasteiger partial charge on any atom is 0.254 e. The number of benzene rings is 1. The summed E-state index contributed by atoms with van der Waals surface area (Å²) >= 11 is 0. The number of amides is 2. The van der Waals surface area contributed by atoms with Crippen LogP contribution in [0.25, 0.3) is 0 Å². The Kier molecular flexibility index (Phi) is 5.04. The third-order valence-electron chi connectivity index (χ3n) is 4.10. The van der Waals surface area contributed by atoms with Crippen molar-refractivity contribution < 1.29 is 14.0 Å². The second-order valence-electron chi connectivity index (χ2n) is 5.88. The van der Waals surface area contributed by atoms with E-state index in [0.717, 1.165) is 5.56 Å². The van der Waals surface area contributed by atoms with Crippen LogP contribution in [0.15, 0.2) is 42.7 Å². The zero-order valence-corrected chi connectivity index (χ0v) is 13.8. The fourth-order valence-electron chi connectivity index (χ4n) is 2.93. The maximum absolute atomic E-state index is 13.8. The maximum atomic E-state index is 13.8. The van der Waals surface area contributed by atoms with Crippen LogP contribution < -0.4 is 10.6 Å². The third-order valence-corrected chi connectivity index (χ3v) is 4.10. The molecule has 1 unspecified atom stereocenters. The van der Waals surface area contributed by atoms with E-state index in [-0.39, 0.29) is 23.5 Å². The molecule has 1 saturated heterocycles. The molecule has 1 atom stereocenters. The Bertz CT molecular complexity index is 782. The summed E-state index contributed by atoms with van der Waals surface area (Å²) in [6, 6.07) is 7.62. The fraction of sp³-hybridized carbons (Fsp3) is 0.278. The summed E-state index contributed by atoms with van der Waals surface area (Å²) in [5.41, 5.74) is 1.28. The number of rotatable bonds is 3. The molecule has 0 radical (unpaired) electrons. The summed E-state index contributed by atoms with van der Waals surface area (Å²) in [5.74, 6) is -1.17. The van der Waals surface area contributed by atoms with Gasteiger partial charge in [0.15, 0.2) is 0 Å². The van der Waals surface area contributed by atoms with Crippen LogP contribution >= 0.6 is 0 Å². The molecule has 2 amide bonds. The Morgan fingerprint density at radius 2 is 2.20 bits per heavy atom. The molecular formula is C18H19FN4O2. The topological polar surface area (TPSA) is 74.3 Å². The molecule has 1 fully saturated rings. The molecule has 2 heterocycles. The second kappa shape index (κ2) is 7.40. The van der Waals surface area contributed by atoms with Crippen LogP contribution in [0.5, 0.6) is 0 Å². The van der Waals surface area contributed by atoms with Crippen LogP contribution in [0.4, 0.5) is 10.1 Å². The van der Waals surface area contributed by atoms with E-state index in [1.54, 1.807) is 17.3 Å². The van der Waals surface area contributed by atoms with Gasteiger partial charge in [-0.15, -0.1) is 0 Å². The van der Waals surface area contributed by atoms with Crippen molar-refractivity contribution in [3.63, 3.8) is 0 Å². The average Bonchev–Trinajstić information content (AvgIpc) is 2.63. The number of pyridine rings is 1. The molecule has 2 N–H and O–H groups in total. The van der Waals surface area contributed by atoms with Gasteiger partial charge in [-0.05, 0) is 29.8 Å². The Balaban J connectivity index is 1.89. The van der Waals surface area contributed by atoms with E-state index in [0.29, 0.717) is 25.2 Å². The van der Waals surface area contributed by atoms with Gasteiger partial charge in [-0.2, -0.15) is 0 Å². The zero-order valence-electron chi connectivity index (χ0n) is 13.8. The number of nitrogens with one attached hydrogen (secondary N) is 2. The molecule has 1 aliphatic heterocycles. The number of carbonyl (C=O) groups excluding carboxylic acids is 2. The molecule has 3 rings (SSSR count). The van der Waals surface area contributed by atoms with Crippen molar-refractivity contribution in [2.45, 2.75) is 13.0 Å². The lowest BCUT2D eigenvalue weighted by Gasteiger charge is -2.36. The van der Waals surface area contributed by atoms with E-state index in [4.69, 9.17) is 0 Å². The summed E-state index contributed by atoms with van der Waals surface area (Å²) in [6.45, 7) is 3.13. The van der Waals surface area contributed by atoms with Crippen molar-refractivity contribution in [1.82, 2.24) is 15.2 Å². The van der Waals surface area contributed by atoms with Gasteiger partial charge < -0.3 is 15.5 Å². The van der Waals surface area contributed by atoms with Gasteiger partial charge in [0, 0.05) is 44.5 Å². The summed E-state index contributed by atoms with van der Waals surface area (Å²) in [4.78, 5) is 30.0. The number of hydrogen-bond donors (Lipinski definition) is 2. The number of nitrogens with zero attached hydrogens (tertiary/aromatic N) is 2. The SMILES string of the molecule is CC(=O)Nc1cc(C(=O)N2CCNCC2c2cccnc2)ccc1F. The molecule has 0 spiro atoms. The summed E-state index contributed by atoms with van der Waals surface area (Å²) in [6.07, 6.45) is 3.43. The summed E-state index contributed by atoms with van der Waals surface area (Å²) in [5, 5.41) is 5.68. The van der Waals surface area contributed by atoms with Crippen molar-refractivity contribution in [2.75, 3.05) is 25.0 Å². The molecule has 0 saturated carbocycles. The number of hydrogen-bond acceptors (Lipinski definition) is 4. The van der Waals surface area contributed by atoms with Crippen LogP contribution in [-0.4, -0.2) is 41.3 Å². The Labute approximate surface area is 145 Å². The van der Waals surface area contributed by atoms with Crippen LogP contribution in [0.3, 0.4) is 0 Å². The van der Waals surface area contributed by atoms with E-state index in [2.05, 4.69) is 15.6 Å². The lowest BCUT2D eigenvalue weighted by Crippen LogP contribution is -2.48. The van der Waals surface area contributed by atoms with Gasteiger partial charge >= 0.3 is 0 Å². The van der Waals surface area contributed by atoms with E-state index in [1.165, 1.54) is 25.1 Å². The minimum Gasteiger partial charge on any atom is -0.329 e. The number of piperazine rings is 1. The average molecular weight is 342 g/mol. The van der Waals surface area contributed by atoms with Crippen LogP contribution in [-0.2, 0) is 4.79 Å². The van der Waals surface area contributed by atoms with Gasteiger partial charge in [-0.1, -0.05) is 6.07 Å². The zero-order chi connectivity index (χ0) is 17.8. The van der Waals surface area contributed by atoms with Crippen molar-refractivity contribution in [1.29, 1.82) is 0 Å². The first-order valence-electron chi connectivity index (χ1n) is 8.05. The number of carbonyl (C=O) groups is 2. The number of aromatic nitrogens is 1. The lowest BCUT2D eigenvalue weighted by molar-refractivity contribution is -0.114. The number of halogens is 1. The van der Waals surface area contributed by atoms with Gasteiger partial charge in [-0.3, -0.25) is 14.6 Å². The van der Waals surface area contributed by atoms with Crippen molar-refractivity contribution >= 4 is 17.5 Å². The molecule has 2 aromatic rings. The van der Waals surface area contributed by atoms with E-state index in [1.807, 2.05) is 12.1 Å². The second-order valence-corrected chi connectivity index (χ2v) is 5.88. The van der Waals surface area contributed by atoms with E-state index in [9.17, 15) is 14.0 Å². The van der Waals surface area contributed by atoms with Crippen LogP contribution in [0.2, 0.25) is 0 Å². The molecule has 1 aromatic carbocycles. The first-order chi connectivity index (χ1) is 12.1. The quantitative estimate of drug-likeness (QED) is 0.894. The van der Waals surface area contributed by atoms with Crippen molar-refractivity contribution in [3.05, 3.63) is 59.7 Å². The third kappa shape index (κ3) is 3.83. The molecule has 7 heteroatoms. The highest BCUT2D eigenvalue weighted by Crippen LogP contribution is 2.25. The van der Waals surface area contributed by atoms with Gasteiger partial charge in [0.25, 0.3) is 5.91 Å². The monoisotopic (exact) mass is 342 g/mol. The molecule has 6 nitrogen and oxygen atoms in total. The number of anilines is 1. The predicted molar refractivity (Wildman–Crippen MR) is 91.6 cm³/mol. The lowest BCUT2D eigenvalue weighted by atomic mass is 10.0. The minimum absolute atomic E-state index is 0.00594. The van der Waals surface area contributed by atoms with Gasteiger partial charge in [0.1, 0.15) is 5.82 Å². The molecule has 1 aromatic heterocycles. The summed E-state index contributed by atoms with van der Waals surface area (Å²) < 4.78 is 13.8. The van der Waals surface area contributed by atoms with E-state index >= 15 is 0 Å². The van der Waals surface area contributed by atoms with Crippen LogP contribution in [0, 0.1) is 5.82 Å². The van der Waals surface area contributed by atoms with Gasteiger partial charge in [0.05, 0.1) is 11.7 Å². The first kappa shape index (κ1) is 17.0. The first-order valence-corrected chi connectivity index (χ1v) is 8.05. The molecule has 0 bridgehead atoms. The Morgan fingerprint density at radius 3 is 2.92 bits per heavy atom. The molecule has 0 aliphatic carbocycles. The van der Waals surface area contributed by atoms with E-state index < -0.39 is 5.82 Å². The largest absolute Gasteiger partial charge is 0.329 e. The highest BCUT2D eigenvalue weighted by Gasteiger charge is 2.29. The fourth-order valence-corrected chi connectivity index (χ4v) is 2.93. The summed E-state index contributed by atoms with van der Waals surface area (Å²) in [7, 11) is 0. The molecule has 130 valence electrons. The predicted octanol–water partition coefficient (Wildman–Crippen LogP) is 1.97. The Morgan fingerprint density at radius 1 is 1.36 bits per heavy atom. The minimum atomic E-state index is -0.573. The van der Waals surface area contributed by atoms with Gasteiger partial charge in [-0.25, -0.2) is 4.39 Å². The molecular weight excluding hydrogens is 323 g/mol. The van der Waals surface area contributed by atoms with Crippen molar-refractivity contribution in [3.8, 4) is 0 Å². The standard InChI is InChI=1S/C18H19FN4O2/c1-12(24)22-16-9-13(4-5-15(16)19)18(25)23-8-7-21-11-17(23)14-3-2-6-20-10-14/h2-6,9-10,17,21H,7-8,11H2,1H3,(H,22,24). The highest BCUT2D eigenvalue weighted by atomic mass is 19.1. The normalized spacial score (nSPS) is 17.2. The highest BCUT2D eigenvalue weighted by molar-refractivity contribution is 5.97. The Hall–Kier alpha value is -2.80. The molecule has 25 heavy (non-hydrogen) atoms. The smallest absolute Gasteiger partial charge is 0.254 e. The van der Waals surface area contributed by atoms with Gasteiger partial charge in [0.2, 0.25) is 5.91 Å². The van der Waals surface area contributed by atoms with Crippen molar-refractivity contribution in [2.24, 2.45) is 0 Å². The molecule has 1 aliphatic rings.